The first-order valence-electron chi connectivity index (χ1n) is 9.07. The van der Waals surface area contributed by atoms with Crippen LogP contribution in [0.3, 0.4) is 0 Å². The van der Waals surface area contributed by atoms with Gasteiger partial charge in [-0.05, 0) is 55.2 Å². The maximum Gasteiger partial charge on any atom is 0.150 e. The van der Waals surface area contributed by atoms with Gasteiger partial charge in [0.25, 0.3) is 0 Å². The summed E-state index contributed by atoms with van der Waals surface area (Å²) in [7, 11) is 0. The Kier molecular flexibility index (Phi) is 5.13. The lowest BCUT2D eigenvalue weighted by Gasteiger charge is -2.24. The van der Waals surface area contributed by atoms with Gasteiger partial charge in [0.15, 0.2) is 6.23 Å². The fraction of sp³-hybridized carbons (Fsp3) is 0.286. The highest BCUT2D eigenvalue weighted by molar-refractivity contribution is 5.54. The summed E-state index contributed by atoms with van der Waals surface area (Å²) in [5.41, 5.74) is 3.35. The second kappa shape index (κ2) is 8.02. The first-order valence-corrected chi connectivity index (χ1v) is 9.07. The van der Waals surface area contributed by atoms with Crippen molar-refractivity contribution in [2.75, 3.05) is 6.61 Å². The molecule has 0 aliphatic carbocycles. The number of pyridine rings is 1. The Morgan fingerprint density at radius 2 is 2.19 bits per heavy atom. The molecule has 1 saturated heterocycles. The van der Waals surface area contributed by atoms with Crippen molar-refractivity contribution in [2.24, 2.45) is 0 Å². The topological polar surface area (TPSA) is 73.0 Å². The largest absolute Gasteiger partial charge is 0.487 e. The van der Waals surface area contributed by atoms with Crippen LogP contribution in [0.2, 0.25) is 0 Å². The number of hydrogen-bond acceptors (Lipinski definition) is 5. The molecule has 0 amide bonds. The molecular weight excluding hydrogens is 340 g/mol. The molecule has 0 N–H and O–H groups in total. The zero-order chi connectivity index (χ0) is 18.5. The summed E-state index contributed by atoms with van der Waals surface area (Å²) in [6, 6.07) is 15.3. The molecule has 3 aromatic rings. The van der Waals surface area contributed by atoms with E-state index in [9.17, 15) is 0 Å². The molecule has 6 nitrogen and oxygen atoms in total. The molecule has 0 saturated carbocycles. The molecule has 136 valence electrons. The van der Waals surface area contributed by atoms with E-state index >= 15 is 0 Å². The van der Waals surface area contributed by atoms with E-state index in [1.807, 2.05) is 41.1 Å². The van der Waals surface area contributed by atoms with Crippen molar-refractivity contribution in [3.05, 3.63) is 66.0 Å². The first-order chi connectivity index (χ1) is 13.3. The van der Waals surface area contributed by atoms with Crippen LogP contribution >= 0.6 is 0 Å². The predicted octanol–water partition coefficient (Wildman–Crippen LogP) is 4.09. The molecule has 1 aromatic carbocycles. The Bertz CT molecular complexity index is 937. The molecule has 2 aromatic heterocycles. The highest BCUT2D eigenvalue weighted by atomic mass is 16.5. The van der Waals surface area contributed by atoms with Crippen LogP contribution in [0.4, 0.5) is 0 Å². The van der Waals surface area contributed by atoms with E-state index in [0.29, 0.717) is 17.9 Å². The van der Waals surface area contributed by atoms with Crippen molar-refractivity contribution in [1.29, 1.82) is 5.26 Å². The fourth-order valence-electron chi connectivity index (χ4n) is 3.18. The Labute approximate surface area is 158 Å². The molecule has 27 heavy (non-hydrogen) atoms. The normalized spacial score (nSPS) is 16.6. The van der Waals surface area contributed by atoms with E-state index in [1.165, 1.54) is 0 Å². The van der Waals surface area contributed by atoms with Crippen molar-refractivity contribution in [1.82, 2.24) is 14.8 Å². The highest BCUT2D eigenvalue weighted by Gasteiger charge is 2.19. The van der Waals surface area contributed by atoms with Gasteiger partial charge in [-0.3, -0.25) is 4.98 Å². The molecule has 1 aliphatic rings. The van der Waals surface area contributed by atoms with Gasteiger partial charge in [0.2, 0.25) is 0 Å². The van der Waals surface area contributed by atoms with E-state index < -0.39 is 0 Å². The molecule has 6 heteroatoms. The fourth-order valence-corrected chi connectivity index (χ4v) is 3.18. The Balaban J connectivity index is 1.45. The Hall–Kier alpha value is -3.17. The standard InChI is InChI=1S/C21H20N4O2/c22-13-16-4-3-5-17(12-16)15-27-18-7-8-19(23-14-18)20-9-10-24-25(20)21-6-1-2-11-26-21/h3-5,7-10,12,14,21H,1-2,6,11,15H2. The van der Waals surface area contributed by atoms with Crippen molar-refractivity contribution in [3.63, 3.8) is 0 Å². The van der Waals surface area contributed by atoms with Crippen molar-refractivity contribution < 1.29 is 9.47 Å². The molecule has 3 heterocycles. The lowest BCUT2D eigenvalue weighted by Crippen LogP contribution is -2.20. The minimum absolute atomic E-state index is 0.0195. The molecule has 1 aliphatic heterocycles. The Morgan fingerprint density at radius 3 is 2.96 bits per heavy atom. The van der Waals surface area contributed by atoms with Crippen LogP contribution in [0.25, 0.3) is 11.4 Å². The number of rotatable bonds is 5. The average Bonchev–Trinajstić information content (AvgIpc) is 3.23. The quantitative estimate of drug-likeness (QED) is 0.685. The lowest BCUT2D eigenvalue weighted by atomic mass is 10.1. The van der Waals surface area contributed by atoms with Crippen LogP contribution in [0.15, 0.2) is 54.9 Å². The highest BCUT2D eigenvalue weighted by Crippen LogP contribution is 2.28. The van der Waals surface area contributed by atoms with Gasteiger partial charge >= 0.3 is 0 Å². The monoisotopic (exact) mass is 360 g/mol. The molecule has 0 radical (unpaired) electrons. The van der Waals surface area contributed by atoms with E-state index in [4.69, 9.17) is 14.7 Å². The summed E-state index contributed by atoms with van der Waals surface area (Å²) in [5.74, 6) is 0.682. The van der Waals surface area contributed by atoms with E-state index in [-0.39, 0.29) is 6.23 Å². The van der Waals surface area contributed by atoms with E-state index in [1.54, 1.807) is 18.5 Å². The van der Waals surface area contributed by atoms with Crippen molar-refractivity contribution >= 4 is 0 Å². The second-order valence-corrected chi connectivity index (χ2v) is 6.46. The number of benzene rings is 1. The average molecular weight is 360 g/mol. The zero-order valence-electron chi connectivity index (χ0n) is 14.9. The summed E-state index contributed by atoms with van der Waals surface area (Å²) in [5, 5.41) is 13.4. The van der Waals surface area contributed by atoms with Gasteiger partial charge in [0, 0.05) is 12.8 Å². The molecule has 4 rings (SSSR count). The minimum Gasteiger partial charge on any atom is -0.487 e. The van der Waals surface area contributed by atoms with Gasteiger partial charge in [-0.1, -0.05) is 12.1 Å². The number of nitrogens with zero attached hydrogens (tertiary/aromatic N) is 4. The van der Waals surface area contributed by atoms with Crippen LogP contribution < -0.4 is 4.74 Å². The summed E-state index contributed by atoms with van der Waals surface area (Å²) < 4.78 is 13.5. The zero-order valence-corrected chi connectivity index (χ0v) is 14.9. The molecule has 1 fully saturated rings. The third kappa shape index (κ3) is 3.99. The maximum absolute atomic E-state index is 8.97. The van der Waals surface area contributed by atoms with Crippen LogP contribution in [0.5, 0.6) is 5.75 Å². The van der Waals surface area contributed by atoms with Gasteiger partial charge in [-0.15, -0.1) is 0 Å². The van der Waals surface area contributed by atoms with Crippen LogP contribution in [0.1, 0.15) is 36.6 Å². The number of aromatic nitrogens is 3. The van der Waals surface area contributed by atoms with Gasteiger partial charge in [-0.25, -0.2) is 4.68 Å². The van der Waals surface area contributed by atoms with Crippen LogP contribution in [-0.2, 0) is 11.3 Å². The number of ether oxygens (including phenoxy) is 2. The molecule has 0 bridgehead atoms. The second-order valence-electron chi connectivity index (χ2n) is 6.46. The van der Waals surface area contributed by atoms with E-state index in [0.717, 1.165) is 42.8 Å². The third-order valence-electron chi connectivity index (χ3n) is 4.56. The van der Waals surface area contributed by atoms with Gasteiger partial charge < -0.3 is 9.47 Å². The predicted molar refractivity (Wildman–Crippen MR) is 99.8 cm³/mol. The summed E-state index contributed by atoms with van der Waals surface area (Å²) in [4.78, 5) is 4.53. The summed E-state index contributed by atoms with van der Waals surface area (Å²) >= 11 is 0. The first kappa shape index (κ1) is 17.3. The van der Waals surface area contributed by atoms with Gasteiger partial charge in [-0.2, -0.15) is 10.4 Å². The molecule has 1 atom stereocenters. The number of nitriles is 1. The lowest BCUT2D eigenvalue weighted by molar-refractivity contribution is -0.0384. The number of hydrogen-bond donors (Lipinski definition) is 0. The van der Waals surface area contributed by atoms with Crippen molar-refractivity contribution in [2.45, 2.75) is 32.1 Å². The van der Waals surface area contributed by atoms with E-state index in [2.05, 4.69) is 16.2 Å². The van der Waals surface area contributed by atoms with Crippen LogP contribution in [-0.4, -0.2) is 21.4 Å². The van der Waals surface area contributed by atoms with Gasteiger partial charge in [0.05, 0.1) is 29.2 Å². The minimum atomic E-state index is -0.0195. The smallest absolute Gasteiger partial charge is 0.150 e. The molecular formula is C21H20N4O2. The summed E-state index contributed by atoms with van der Waals surface area (Å²) in [6.45, 7) is 1.17. The molecule has 1 unspecified atom stereocenters. The van der Waals surface area contributed by atoms with Crippen LogP contribution in [0, 0.1) is 11.3 Å². The van der Waals surface area contributed by atoms with Gasteiger partial charge in [0.1, 0.15) is 12.4 Å². The maximum atomic E-state index is 8.97. The Morgan fingerprint density at radius 1 is 1.22 bits per heavy atom. The summed E-state index contributed by atoms with van der Waals surface area (Å²) in [6.07, 6.45) is 6.70. The third-order valence-corrected chi connectivity index (χ3v) is 4.56. The van der Waals surface area contributed by atoms with Crippen molar-refractivity contribution in [3.8, 4) is 23.2 Å². The SMILES string of the molecule is N#Cc1cccc(COc2ccc(-c3ccnn3C3CCCCO3)nc2)c1. The molecule has 0 spiro atoms.